The number of carbonyl (C=O) groups is 1. The highest BCUT2D eigenvalue weighted by atomic mass is 32.1. The fourth-order valence-corrected chi connectivity index (χ4v) is 3.70. The Kier molecular flexibility index (Phi) is 4.19. The molecule has 0 bridgehead atoms. The van der Waals surface area contributed by atoms with Gasteiger partial charge in [-0.2, -0.15) is 5.10 Å². The molecule has 1 unspecified atom stereocenters. The van der Waals surface area contributed by atoms with E-state index >= 15 is 0 Å². The molecule has 1 atom stereocenters. The van der Waals surface area contributed by atoms with E-state index in [1.165, 1.54) is 11.3 Å². The molecule has 0 aliphatic heterocycles. The maximum atomic E-state index is 12.3. The number of carbonyl (C=O) groups excluding carboxylic acids is 1. The molecule has 0 aliphatic carbocycles. The second kappa shape index (κ2) is 6.14. The summed E-state index contributed by atoms with van der Waals surface area (Å²) in [5, 5.41) is 18.4. The zero-order valence-corrected chi connectivity index (χ0v) is 14.1. The first-order valence-corrected chi connectivity index (χ1v) is 8.24. The standard InChI is InChI=1S/C17H19N3O2S/c1-10-6-4-5-7-12(10)14(21)9-18-16(22)15-8-13-11(2)19-20(3)17(13)23-15/h4-8,14,21H,9H2,1-3H3,(H,18,22). The average molecular weight is 329 g/mol. The molecular formula is C17H19N3O2S. The molecule has 2 N–H and O–H groups in total. The number of hydrogen-bond donors (Lipinski definition) is 2. The van der Waals surface area contributed by atoms with Gasteiger partial charge in [0.05, 0.1) is 16.7 Å². The van der Waals surface area contributed by atoms with Crippen LogP contribution in [-0.4, -0.2) is 27.3 Å². The summed E-state index contributed by atoms with van der Waals surface area (Å²) < 4.78 is 1.79. The highest BCUT2D eigenvalue weighted by molar-refractivity contribution is 7.20. The molecule has 3 rings (SSSR count). The van der Waals surface area contributed by atoms with Crippen molar-refractivity contribution in [1.82, 2.24) is 15.1 Å². The van der Waals surface area contributed by atoms with Gasteiger partial charge in [0, 0.05) is 19.0 Å². The summed E-state index contributed by atoms with van der Waals surface area (Å²) in [4.78, 5) is 13.9. The molecular weight excluding hydrogens is 310 g/mol. The molecule has 120 valence electrons. The molecule has 2 heterocycles. The SMILES string of the molecule is Cc1ccccc1C(O)CNC(=O)c1cc2c(C)nn(C)c2s1. The molecule has 0 radical (unpaired) electrons. The number of thiophene rings is 1. The summed E-state index contributed by atoms with van der Waals surface area (Å²) in [5.74, 6) is -0.168. The van der Waals surface area contributed by atoms with Crippen LogP contribution < -0.4 is 5.32 Å². The molecule has 2 aromatic heterocycles. The van der Waals surface area contributed by atoms with Crippen molar-refractivity contribution < 1.29 is 9.90 Å². The van der Waals surface area contributed by atoms with Crippen molar-refractivity contribution in [2.45, 2.75) is 20.0 Å². The third kappa shape index (κ3) is 3.00. The molecule has 0 fully saturated rings. The van der Waals surface area contributed by atoms with Gasteiger partial charge in [0.15, 0.2) is 0 Å². The maximum absolute atomic E-state index is 12.3. The Balaban J connectivity index is 1.71. The summed E-state index contributed by atoms with van der Waals surface area (Å²) >= 11 is 1.41. The van der Waals surface area contributed by atoms with Crippen LogP contribution in [0.1, 0.15) is 32.6 Å². The van der Waals surface area contributed by atoms with E-state index in [-0.39, 0.29) is 12.5 Å². The Labute approximate surface area is 138 Å². The molecule has 5 nitrogen and oxygen atoms in total. The summed E-state index contributed by atoms with van der Waals surface area (Å²) in [6.45, 7) is 4.07. The van der Waals surface area contributed by atoms with E-state index in [9.17, 15) is 9.90 Å². The number of aliphatic hydroxyl groups excluding tert-OH is 1. The third-order valence-corrected chi connectivity index (χ3v) is 5.12. The van der Waals surface area contributed by atoms with Crippen molar-refractivity contribution >= 4 is 27.5 Å². The number of nitrogens with one attached hydrogen (secondary N) is 1. The van der Waals surface area contributed by atoms with E-state index in [0.29, 0.717) is 4.88 Å². The number of aryl methyl sites for hydroxylation is 3. The molecule has 6 heteroatoms. The Morgan fingerprint density at radius 2 is 2.13 bits per heavy atom. The second-order valence-corrected chi connectivity index (χ2v) is 6.65. The first kappa shape index (κ1) is 15.7. The number of benzene rings is 1. The van der Waals surface area contributed by atoms with Crippen molar-refractivity contribution in [3.63, 3.8) is 0 Å². The fraction of sp³-hybridized carbons (Fsp3) is 0.294. The van der Waals surface area contributed by atoms with Gasteiger partial charge in [-0.3, -0.25) is 9.48 Å². The summed E-state index contributed by atoms with van der Waals surface area (Å²) in [6.07, 6.45) is -0.710. The van der Waals surface area contributed by atoms with Crippen molar-refractivity contribution in [2.75, 3.05) is 6.54 Å². The van der Waals surface area contributed by atoms with Crippen LogP contribution in [0.15, 0.2) is 30.3 Å². The van der Waals surface area contributed by atoms with Crippen LogP contribution in [0.25, 0.3) is 10.2 Å². The van der Waals surface area contributed by atoms with E-state index in [1.807, 2.05) is 51.2 Å². The number of fused-ring (bicyclic) bond motifs is 1. The lowest BCUT2D eigenvalue weighted by Crippen LogP contribution is -2.28. The van der Waals surface area contributed by atoms with Crippen LogP contribution in [0.4, 0.5) is 0 Å². The van der Waals surface area contributed by atoms with Crippen LogP contribution in [-0.2, 0) is 7.05 Å². The van der Waals surface area contributed by atoms with Gasteiger partial charge >= 0.3 is 0 Å². The lowest BCUT2D eigenvalue weighted by Gasteiger charge is -2.14. The number of aliphatic hydroxyl groups is 1. The van der Waals surface area contributed by atoms with Gasteiger partial charge < -0.3 is 10.4 Å². The van der Waals surface area contributed by atoms with E-state index in [4.69, 9.17) is 0 Å². The molecule has 0 saturated heterocycles. The van der Waals surface area contributed by atoms with Gasteiger partial charge in [0.1, 0.15) is 4.83 Å². The number of rotatable bonds is 4. The zero-order valence-electron chi connectivity index (χ0n) is 13.3. The van der Waals surface area contributed by atoms with Gasteiger partial charge in [0.2, 0.25) is 0 Å². The molecule has 1 amide bonds. The average Bonchev–Trinajstić information content (AvgIpc) is 3.07. The third-order valence-electron chi connectivity index (χ3n) is 3.92. The highest BCUT2D eigenvalue weighted by Gasteiger charge is 2.16. The quantitative estimate of drug-likeness (QED) is 0.773. The molecule has 0 saturated carbocycles. The minimum atomic E-state index is -0.710. The summed E-state index contributed by atoms with van der Waals surface area (Å²) in [7, 11) is 1.87. The highest BCUT2D eigenvalue weighted by Crippen LogP contribution is 2.27. The van der Waals surface area contributed by atoms with E-state index in [0.717, 1.165) is 27.0 Å². The largest absolute Gasteiger partial charge is 0.387 e. The molecule has 0 aliphatic rings. The topological polar surface area (TPSA) is 67.2 Å². The van der Waals surface area contributed by atoms with Crippen molar-refractivity contribution in [3.8, 4) is 0 Å². The van der Waals surface area contributed by atoms with Crippen LogP contribution in [0.2, 0.25) is 0 Å². The van der Waals surface area contributed by atoms with E-state index < -0.39 is 6.10 Å². The van der Waals surface area contributed by atoms with E-state index in [1.54, 1.807) is 4.68 Å². The Morgan fingerprint density at radius 3 is 2.83 bits per heavy atom. The summed E-state index contributed by atoms with van der Waals surface area (Å²) in [5.41, 5.74) is 2.76. The smallest absolute Gasteiger partial charge is 0.261 e. The van der Waals surface area contributed by atoms with Crippen LogP contribution in [0.5, 0.6) is 0 Å². The second-order valence-electron chi connectivity index (χ2n) is 5.62. The van der Waals surface area contributed by atoms with Crippen LogP contribution >= 0.6 is 11.3 Å². The first-order chi connectivity index (χ1) is 11.0. The molecule has 0 spiro atoms. The monoisotopic (exact) mass is 329 g/mol. The molecule has 23 heavy (non-hydrogen) atoms. The normalized spacial score (nSPS) is 12.5. The van der Waals surface area contributed by atoms with Gasteiger partial charge in [-0.25, -0.2) is 0 Å². The van der Waals surface area contributed by atoms with Crippen molar-refractivity contribution in [1.29, 1.82) is 0 Å². The number of hydrogen-bond acceptors (Lipinski definition) is 4. The van der Waals surface area contributed by atoms with Gasteiger partial charge in [-0.15, -0.1) is 11.3 Å². The van der Waals surface area contributed by atoms with Gasteiger partial charge in [-0.1, -0.05) is 24.3 Å². The summed E-state index contributed by atoms with van der Waals surface area (Å²) in [6, 6.07) is 9.49. The zero-order chi connectivity index (χ0) is 16.6. The van der Waals surface area contributed by atoms with Crippen molar-refractivity contribution in [2.24, 2.45) is 7.05 Å². The minimum Gasteiger partial charge on any atom is -0.387 e. The lowest BCUT2D eigenvalue weighted by atomic mass is 10.0. The maximum Gasteiger partial charge on any atom is 0.261 e. The van der Waals surface area contributed by atoms with Crippen molar-refractivity contribution in [3.05, 3.63) is 52.0 Å². The molecule has 1 aromatic carbocycles. The number of amides is 1. The Morgan fingerprint density at radius 1 is 1.39 bits per heavy atom. The Bertz CT molecular complexity index is 831. The fourth-order valence-electron chi connectivity index (χ4n) is 2.66. The number of aromatic nitrogens is 2. The Hall–Kier alpha value is -2.18. The lowest BCUT2D eigenvalue weighted by molar-refractivity contribution is 0.0920. The van der Waals surface area contributed by atoms with Crippen LogP contribution in [0, 0.1) is 13.8 Å². The first-order valence-electron chi connectivity index (χ1n) is 7.42. The van der Waals surface area contributed by atoms with Gasteiger partial charge in [-0.05, 0) is 31.0 Å². The van der Waals surface area contributed by atoms with Gasteiger partial charge in [0.25, 0.3) is 5.91 Å². The predicted molar refractivity (Wildman–Crippen MR) is 91.8 cm³/mol. The van der Waals surface area contributed by atoms with Crippen LogP contribution in [0.3, 0.4) is 0 Å². The minimum absolute atomic E-state index is 0.168. The van der Waals surface area contributed by atoms with E-state index in [2.05, 4.69) is 10.4 Å². The molecule has 3 aromatic rings. The number of nitrogens with zero attached hydrogens (tertiary/aromatic N) is 2. The predicted octanol–water partition coefficient (Wildman–Crippen LogP) is 2.72.